The van der Waals surface area contributed by atoms with Gasteiger partial charge in [-0.05, 0) is 17.5 Å². The van der Waals surface area contributed by atoms with E-state index in [1.807, 2.05) is 19.1 Å². The van der Waals surface area contributed by atoms with Crippen molar-refractivity contribution < 1.29 is 22.0 Å². The highest BCUT2D eigenvalue weighted by atomic mass is 19.2. The van der Waals surface area contributed by atoms with Gasteiger partial charge in [0.15, 0.2) is 23.3 Å². The molecule has 2 aromatic carbocycles. The molecule has 0 radical (unpaired) electrons. The summed E-state index contributed by atoms with van der Waals surface area (Å²) < 4.78 is 65.8. The van der Waals surface area contributed by atoms with Gasteiger partial charge in [-0.15, -0.1) is 0 Å². The quantitative estimate of drug-likeness (QED) is 0.496. The van der Waals surface area contributed by atoms with E-state index in [2.05, 4.69) is 5.32 Å². The van der Waals surface area contributed by atoms with E-state index in [0.29, 0.717) is 5.56 Å². The van der Waals surface area contributed by atoms with Gasteiger partial charge < -0.3 is 5.32 Å². The van der Waals surface area contributed by atoms with Gasteiger partial charge in [-0.2, -0.15) is 0 Å². The summed E-state index contributed by atoms with van der Waals surface area (Å²) in [6.07, 6.45) is 0.839. The Labute approximate surface area is 118 Å². The molecule has 1 nitrogen and oxygen atoms in total. The molecule has 0 aliphatic rings. The summed E-state index contributed by atoms with van der Waals surface area (Å²) in [4.78, 5) is 0. The Hall–Kier alpha value is -2.11. The van der Waals surface area contributed by atoms with E-state index >= 15 is 0 Å². The van der Waals surface area contributed by atoms with Crippen LogP contribution in [0.5, 0.6) is 0 Å². The minimum atomic E-state index is -2.16. The third-order valence-electron chi connectivity index (χ3n) is 3.11. The minimum Gasteiger partial charge on any atom is -0.376 e. The highest BCUT2D eigenvalue weighted by molar-refractivity contribution is 5.48. The zero-order chi connectivity index (χ0) is 15.6. The third-order valence-corrected chi connectivity index (χ3v) is 3.11. The van der Waals surface area contributed by atoms with Gasteiger partial charge in [-0.3, -0.25) is 0 Å². The van der Waals surface area contributed by atoms with Crippen LogP contribution in [0.1, 0.15) is 18.1 Å². The first-order valence-electron chi connectivity index (χ1n) is 6.28. The molecule has 0 bridgehead atoms. The van der Waals surface area contributed by atoms with Gasteiger partial charge in [0.25, 0.3) is 0 Å². The van der Waals surface area contributed by atoms with Crippen LogP contribution in [0.3, 0.4) is 0 Å². The van der Waals surface area contributed by atoms with Gasteiger partial charge in [-0.25, -0.2) is 22.0 Å². The summed E-state index contributed by atoms with van der Waals surface area (Å²) in [5, 5.41) is 2.25. The lowest BCUT2D eigenvalue weighted by molar-refractivity contribution is 0.381. The van der Waals surface area contributed by atoms with Crippen LogP contribution in [0.25, 0.3) is 0 Å². The molecular weight excluding hydrogens is 289 g/mol. The van der Waals surface area contributed by atoms with E-state index in [4.69, 9.17) is 0 Å². The molecule has 2 aromatic rings. The van der Waals surface area contributed by atoms with E-state index in [1.165, 1.54) is 0 Å². The maximum absolute atomic E-state index is 13.4. The third kappa shape index (κ3) is 2.99. The molecule has 0 aliphatic heterocycles. The van der Waals surface area contributed by atoms with Crippen LogP contribution in [-0.2, 0) is 13.0 Å². The maximum Gasteiger partial charge on any atom is 0.200 e. The molecule has 0 saturated carbocycles. The number of anilines is 1. The molecule has 6 heteroatoms. The van der Waals surface area contributed by atoms with Crippen LogP contribution >= 0.6 is 0 Å². The van der Waals surface area contributed by atoms with E-state index in [-0.39, 0.29) is 6.54 Å². The Morgan fingerprint density at radius 3 is 1.62 bits per heavy atom. The highest BCUT2D eigenvalue weighted by Gasteiger charge is 2.25. The largest absolute Gasteiger partial charge is 0.376 e. The molecular formula is C15H12F5N. The number of rotatable bonds is 4. The summed E-state index contributed by atoms with van der Waals surface area (Å²) in [6.45, 7) is 1.92. The van der Waals surface area contributed by atoms with E-state index in [1.54, 1.807) is 12.1 Å². The second-order valence-corrected chi connectivity index (χ2v) is 4.47. The lowest BCUT2D eigenvalue weighted by Crippen LogP contribution is -2.09. The Bertz CT molecular complexity index is 623. The topological polar surface area (TPSA) is 12.0 Å². The number of benzene rings is 2. The normalized spacial score (nSPS) is 10.8. The monoisotopic (exact) mass is 301 g/mol. The summed E-state index contributed by atoms with van der Waals surface area (Å²) in [6, 6.07) is 7.10. The number of hydrogen-bond acceptors (Lipinski definition) is 1. The molecule has 0 aliphatic carbocycles. The van der Waals surface area contributed by atoms with Crippen LogP contribution in [0.4, 0.5) is 27.6 Å². The number of halogens is 5. The second kappa shape index (κ2) is 6.11. The van der Waals surface area contributed by atoms with Crippen molar-refractivity contribution in [1.82, 2.24) is 0 Å². The fourth-order valence-electron chi connectivity index (χ4n) is 1.84. The minimum absolute atomic E-state index is 0.0532. The molecule has 0 aromatic heterocycles. The van der Waals surface area contributed by atoms with Crippen molar-refractivity contribution in [3.63, 3.8) is 0 Å². The summed E-state index contributed by atoms with van der Waals surface area (Å²) in [5.74, 6) is -9.81. The molecule has 0 heterocycles. The number of aryl methyl sites for hydroxylation is 1. The zero-order valence-corrected chi connectivity index (χ0v) is 11.1. The summed E-state index contributed by atoms with van der Waals surface area (Å²) >= 11 is 0. The molecule has 0 unspecified atom stereocenters. The van der Waals surface area contributed by atoms with Crippen LogP contribution in [0.2, 0.25) is 0 Å². The first kappa shape index (κ1) is 15.3. The van der Waals surface area contributed by atoms with E-state index in [0.717, 1.165) is 12.0 Å². The number of nitrogens with one attached hydrogen (secondary N) is 1. The fraction of sp³-hybridized carbons (Fsp3) is 0.200. The molecule has 0 saturated heterocycles. The van der Waals surface area contributed by atoms with Gasteiger partial charge >= 0.3 is 0 Å². The lowest BCUT2D eigenvalue weighted by Gasteiger charge is -2.11. The average Bonchev–Trinajstić information content (AvgIpc) is 2.51. The average molecular weight is 301 g/mol. The van der Waals surface area contributed by atoms with Crippen molar-refractivity contribution in [2.24, 2.45) is 0 Å². The molecule has 112 valence electrons. The Morgan fingerprint density at radius 1 is 0.714 bits per heavy atom. The standard InChI is InChI=1S/C15H12F5N/c1-2-8-3-5-9(6-4-8)7-21-15-13(19)11(17)10(16)12(18)14(15)20/h3-6,21H,2,7H2,1H3. The van der Waals surface area contributed by atoms with Crippen LogP contribution in [0, 0.1) is 29.1 Å². The van der Waals surface area contributed by atoms with Crippen LogP contribution in [0.15, 0.2) is 24.3 Å². The molecule has 21 heavy (non-hydrogen) atoms. The van der Waals surface area contributed by atoms with Crippen molar-refractivity contribution >= 4 is 5.69 Å². The Kier molecular flexibility index (Phi) is 4.45. The van der Waals surface area contributed by atoms with Gasteiger partial charge in [0.05, 0.1) is 0 Å². The van der Waals surface area contributed by atoms with Crippen molar-refractivity contribution in [2.75, 3.05) is 5.32 Å². The Balaban J connectivity index is 2.23. The fourth-order valence-corrected chi connectivity index (χ4v) is 1.84. The smallest absolute Gasteiger partial charge is 0.200 e. The molecule has 0 amide bonds. The van der Waals surface area contributed by atoms with E-state index < -0.39 is 34.8 Å². The van der Waals surface area contributed by atoms with Crippen molar-refractivity contribution in [3.8, 4) is 0 Å². The van der Waals surface area contributed by atoms with E-state index in [9.17, 15) is 22.0 Å². The predicted octanol–water partition coefficient (Wildman–Crippen LogP) is 4.56. The second-order valence-electron chi connectivity index (χ2n) is 4.47. The predicted molar refractivity (Wildman–Crippen MR) is 69.4 cm³/mol. The molecule has 0 spiro atoms. The van der Waals surface area contributed by atoms with Crippen molar-refractivity contribution in [1.29, 1.82) is 0 Å². The van der Waals surface area contributed by atoms with Gasteiger partial charge in [0, 0.05) is 6.54 Å². The molecule has 1 N–H and O–H groups in total. The van der Waals surface area contributed by atoms with Gasteiger partial charge in [-0.1, -0.05) is 31.2 Å². The van der Waals surface area contributed by atoms with Crippen molar-refractivity contribution in [3.05, 3.63) is 64.5 Å². The lowest BCUT2D eigenvalue weighted by atomic mass is 10.1. The zero-order valence-electron chi connectivity index (χ0n) is 11.1. The molecule has 0 atom stereocenters. The first-order chi connectivity index (χ1) is 9.95. The van der Waals surface area contributed by atoms with Crippen molar-refractivity contribution in [2.45, 2.75) is 19.9 Å². The van der Waals surface area contributed by atoms with Gasteiger partial charge in [0.2, 0.25) is 5.82 Å². The Morgan fingerprint density at radius 2 is 1.14 bits per heavy atom. The highest BCUT2D eigenvalue weighted by Crippen LogP contribution is 2.27. The number of hydrogen-bond donors (Lipinski definition) is 1. The first-order valence-corrected chi connectivity index (χ1v) is 6.28. The SMILES string of the molecule is CCc1ccc(CNc2c(F)c(F)c(F)c(F)c2F)cc1. The maximum atomic E-state index is 13.4. The van der Waals surface area contributed by atoms with Gasteiger partial charge in [0.1, 0.15) is 5.69 Å². The van der Waals surface area contributed by atoms with Crippen LogP contribution < -0.4 is 5.32 Å². The molecule has 0 fully saturated rings. The summed E-state index contributed by atoms with van der Waals surface area (Å²) in [7, 11) is 0. The summed E-state index contributed by atoms with van der Waals surface area (Å²) in [5.41, 5.74) is 0.720. The molecule has 2 rings (SSSR count). The van der Waals surface area contributed by atoms with Crippen LogP contribution in [-0.4, -0.2) is 0 Å².